The molecule has 1 fully saturated rings. The van der Waals surface area contributed by atoms with Crippen molar-refractivity contribution in [1.29, 1.82) is 0 Å². The second-order valence-corrected chi connectivity index (χ2v) is 14.3. The molecule has 1 aliphatic heterocycles. The highest BCUT2D eigenvalue weighted by Crippen LogP contribution is 2.38. The van der Waals surface area contributed by atoms with E-state index in [1.807, 2.05) is 65.6 Å². The summed E-state index contributed by atoms with van der Waals surface area (Å²) in [5.74, 6) is 0. The zero-order valence-electron chi connectivity index (χ0n) is 20.4. The number of aromatic amines is 1. The SMILES string of the molecule is CC(C)(C)[Si](OC[C@@H]1O[C@H](n2cc(C(F)F)c(=O)[nH]c2=O)CC1O)(c1ccccc1)c1ccccc1. The minimum atomic E-state index is -3.05. The van der Waals surface area contributed by atoms with E-state index in [9.17, 15) is 23.5 Å². The number of aliphatic hydroxyl groups is 1. The Kier molecular flexibility index (Phi) is 7.42. The van der Waals surface area contributed by atoms with Crippen LogP contribution in [0.25, 0.3) is 0 Å². The summed E-state index contributed by atoms with van der Waals surface area (Å²) >= 11 is 0. The van der Waals surface area contributed by atoms with Crippen LogP contribution in [0.3, 0.4) is 0 Å². The predicted octanol–water partition coefficient (Wildman–Crippen LogP) is 2.70. The summed E-state index contributed by atoms with van der Waals surface area (Å²) in [5.41, 5.74) is -2.86. The molecule has 1 saturated heterocycles. The van der Waals surface area contributed by atoms with E-state index in [1.54, 1.807) is 0 Å². The number of hydrogen-bond acceptors (Lipinski definition) is 5. The molecule has 0 aliphatic carbocycles. The van der Waals surface area contributed by atoms with E-state index in [0.717, 1.165) is 21.1 Å². The predicted molar refractivity (Wildman–Crippen MR) is 134 cm³/mol. The first-order valence-electron chi connectivity index (χ1n) is 11.8. The minimum absolute atomic E-state index is 0.0105. The Bertz CT molecular complexity index is 1250. The highest BCUT2D eigenvalue weighted by molar-refractivity contribution is 6.99. The number of nitrogens with one attached hydrogen (secondary N) is 1. The third kappa shape index (κ3) is 4.86. The fourth-order valence-electron chi connectivity index (χ4n) is 4.87. The van der Waals surface area contributed by atoms with E-state index in [1.165, 1.54) is 0 Å². The maximum atomic E-state index is 13.2. The Labute approximate surface area is 208 Å². The lowest BCUT2D eigenvalue weighted by molar-refractivity contribution is -0.0429. The maximum Gasteiger partial charge on any atom is 0.330 e. The lowest BCUT2D eigenvalue weighted by atomic mass is 10.2. The van der Waals surface area contributed by atoms with E-state index >= 15 is 0 Å². The lowest BCUT2D eigenvalue weighted by Crippen LogP contribution is -2.67. The van der Waals surface area contributed by atoms with Gasteiger partial charge in [-0.2, -0.15) is 0 Å². The molecule has 1 aromatic heterocycles. The molecule has 0 bridgehead atoms. The van der Waals surface area contributed by atoms with Gasteiger partial charge in [-0.15, -0.1) is 0 Å². The molecule has 2 heterocycles. The summed E-state index contributed by atoms with van der Waals surface area (Å²) in [6.07, 6.45) is -5.08. The van der Waals surface area contributed by atoms with Crippen molar-refractivity contribution in [2.45, 2.75) is 57.1 Å². The van der Waals surface area contributed by atoms with Crippen molar-refractivity contribution >= 4 is 18.7 Å². The Morgan fingerprint density at radius 1 is 1.08 bits per heavy atom. The molecule has 10 heteroatoms. The van der Waals surface area contributed by atoms with Crippen LogP contribution in [-0.4, -0.2) is 41.8 Å². The van der Waals surface area contributed by atoms with Gasteiger partial charge in [-0.3, -0.25) is 14.3 Å². The second kappa shape index (κ2) is 10.2. The van der Waals surface area contributed by atoms with Gasteiger partial charge in [0, 0.05) is 12.6 Å². The van der Waals surface area contributed by atoms with E-state index in [4.69, 9.17) is 9.16 Å². The van der Waals surface area contributed by atoms with Gasteiger partial charge in [-0.1, -0.05) is 81.4 Å². The summed E-state index contributed by atoms with van der Waals surface area (Å²) < 4.78 is 40.1. The number of aliphatic hydroxyl groups excluding tert-OH is 1. The number of rotatable bonds is 7. The Hall–Kier alpha value is -2.92. The molecular weight excluding hydrogens is 486 g/mol. The lowest BCUT2D eigenvalue weighted by Gasteiger charge is -2.43. The standard InChI is InChI=1S/C26H30F2N2O5Si/c1-26(2,3)36(17-10-6-4-7-11-17,18-12-8-5-9-13-18)34-16-21-20(31)14-22(35-21)30-15-19(23(27)28)24(32)29-25(30)33/h4-13,15,20-23,31H,14,16H2,1-3H3,(H,29,32,33)/t20?,21-,22-/m0/s1. The minimum Gasteiger partial charge on any atom is -0.405 e. The molecule has 7 nitrogen and oxygen atoms in total. The van der Waals surface area contributed by atoms with E-state index in [0.29, 0.717) is 0 Å². The number of alkyl halides is 2. The van der Waals surface area contributed by atoms with Crippen molar-refractivity contribution in [3.63, 3.8) is 0 Å². The molecule has 2 N–H and O–H groups in total. The van der Waals surface area contributed by atoms with Crippen LogP contribution in [-0.2, 0) is 9.16 Å². The molecular formula is C26H30F2N2O5Si. The van der Waals surface area contributed by atoms with Crippen LogP contribution in [0.15, 0.2) is 76.4 Å². The largest absolute Gasteiger partial charge is 0.405 e. The van der Waals surface area contributed by atoms with Crippen LogP contribution < -0.4 is 21.6 Å². The van der Waals surface area contributed by atoms with Crippen molar-refractivity contribution in [3.05, 3.63) is 93.3 Å². The second-order valence-electron chi connectivity index (χ2n) is 9.96. The average Bonchev–Trinajstić information content (AvgIpc) is 3.20. The zero-order chi connectivity index (χ0) is 26.1. The van der Waals surface area contributed by atoms with Gasteiger partial charge in [0.1, 0.15) is 12.3 Å². The summed E-state index contributed by atoms with van der Waals surface area (Å²) in [6.45, 7) is 6.41. The molecule has 3 aromatic rings. The third-order valence-electron chi connectivity index (χ3n) is 6.63. The van der Waals surface area contributed by atoms with E-state index < -0.39 is 50.0 Å². The van der Waals surface area contributed by atoms with Gasteiger partial charge in [0.25, 0.3) is 20.3 Å². The Balaban J connectivity index is 1.65. The summed E-state index contributed by atoms with van der Waals surface area (Å²) in [5, 5.41) is 12.6. The molecule has 4 rings (SSSR count). The van der Waals surface area contributed by atoms with Gasteiger partial charge >= 0.3 is 5.69 Å². The van der Waals surface area contributed by atoms with Crippen molar-refractivity contribution in [1.82, 2.24) is 9.55 Å². The van der Waals surface area contributed by atoms with Crippen molar-refractivity contribution in [2.24, 2.45) is 0 Å². The molecule has 192 valence electrons. The van der Waals surface area contributed by atoms with Gasteiger partial charge in [0.2, 0.25) is 0 Å². The van der Waals surface area contributed by atoms with E-state index in [2.05, 4.69) is 20.8 Å². The van der Waals surface area contributed by atoms with Crippen LogP contribution in [0.1, 0.15) is 45.4 Å². The topological polar surface area (TPSA) is 93.5 Å². The Morgan fingerprint density at radius 2 is 1.64 bits per heavy atom. The third-order valence-corrected chi connectivity index (χ3v) is 11.6. The van der Waals surface area contributed by atoms with Gasteiger partial charge in [0.05, 0.1) is 18.3 Å². The number of aromatic nitrogens is 2. The molecule has 0 radical (unpaired) electrons. The first kappa shape index (κ1) is 26.1. The highest BCUT2D eigenvalue weighted by atomic mass is 28.4. The van der Waals surface area contributed by atoms with Crippen LogP contribution in [0.5, 0.6) is 0 Å². The highest BCUT2D eigenvalue weighted by Gasteiger charge is 2.51. The fraction of sp³-hybridized carbons (Fsp3) is 0.385. The fourth-order valence-corrected chi connectivity index (χ4v) is 9.44. The van der Waals surface area contributed by atoms with Crippen LogP contribution in [0.2, 0.25) is 5.04 Å². The molecule has 2 aromatic carbocycles. The number of nitrogens with zero attached hydrogens (tertiary/aromatic N) is 1. The molecule has 0 amide bonds. The summed E-state index contributed by atoms with van der Waals surface area (Å²) in [7, 11) is -2.90. The Morgan fingerprint density at radius 3 is 2.14 bits per heavy atom. The molecule has 1 unspecified atom stereocenters. The van der Waals surface area contributed by atoms with Gasteiger partial charge in [0.15, 0.2) is 0 Å². The first-order valence-corrected chi connectivity index (χ1v) is 13.7. The quantitative estimate of drug-likeness (QED) is 0.471. The van der Waals surface area contributed by atoms with E-state index in [-0.39, 0.29) is 18.1 Å². The van der Waals surface area contributed by atoms with Crippen LogP contribution in [0.4, 0.5) is 8.78 Å². The van der Waals surface area contributed by atoms with Gasteiger partial charge in [-0.05, 0) is 15.4 Å². The average molecular weight is 517 g/mol. The molecule has 0 saturated carbocycles. The van der Waals surface area contributed by atoms with Gasteiger partial charge < -0.3 is 14.3 Å². The molecule has 36 heavy (non-hydrogen) atoms. The van der Waals surface area contributed by atoms with Crippen molar-refractivity contribution in [3.8, 4) is 0 Å². The van der Waals surface area contributed by atoms with Crippen LogP contribution in [0, 0.1) is 0 Å². The monoisotopic (exact) mass is 516 g/mol. The van der Waals surface area contributed by atoms with Gasteiger partial charge in [-0.25, -0.2) is 13.6 Å². The van der Waals surface area contributed by atoms with Crippen molar-refractivity contribution < 1.29 is 23.1 Å². The number of hydrogen-bond donors (Lipinski definition) is 2. The smallest absolute Gasteiger partial charge is 0.330 e. The normalized spacial score (nSPS) is 20.7. The maximum absolute atomic E-state index is 13.2. The number of H-pyrrole nitrogens is 1. The molecule has 0 spiro atoms. The van der Waals surface area contributed by atoms with Crippen LogP contribution >= 0.6 is 0 Å². The number of benzene rings is 2. The summed E-state index contributed by atoms with van der Waals surface area (Å²) in [4.78, 5) is 25.9. The molecule has 1 aliphatic rings. The molecule has 3 atom stereocenters. The number of ether oxygens (including phenoxy) is 1. The number of halogens is 2. The zero-order valence-corrected chi connectivity index (χ0v) is 21.4. The summed E-state index contributed by atoms with van der Waals surface area (Å²) in [6, 6.07) is 19.9. The first-order chi connectivity index (χ1) is 17.0. The van der Waals surface area contributed by atoms with Crippen molar-refractivity contribution in [2.75, 3.05) is 6.61 Å².